The first-order valence-electron chi connectivity index (χ1n) is 5.82. The summed E-state index contributed by atoms with van der Waals surface area (Å²) in [5.74, 6) is 0.230. The molecule has 0 saturated carbocycles. The highest BCUT2D eigenvalue weighted by Crippen LogP contribution is 2.23. The number of hydrogen-bond donors (Lipinski definition) is 1. The maximum atomic E-state index is 12.3. The molecule has 0 spiro atoms. The highest BCUT2D eigenvalue weighted by Gasteiger charge is 2.31. The van der Waals surface area contributed by atoms with Crippen LogP contribution in [0.4, 0.5) is 0 Å². The number of aliphatic hydroxyl groups excluding tert-OH is 1. The summed E-state index contributed by atoms with van der Waals surface area (Å²) in [6.45, 7) is 5.44. The van der Waals surface area contributed by atoms with Gasteiger partial charge in [0.25, 0.3) is 0 Å². The van der Waals surface area contributed by atoms with Crippen molar-refractivity contribution in [2.75, 3.05) is 0 Å². The Morgan fingerprint density at radius 1 is 1.12 bits per heavy atom. The highest BCUT2D eigenvalue weighted by atomic mass is 32.2. The number of benzene rings is 1. The van der Waals surface area contributed by atoms with E-state index in [2.05, 4.69) is 0 Å². The van der Waals surface area contributed by atoms with Crippen LogP contribution in [-0.4, -0.2) is 24.9 Å². The van der Waals surface area contributed by atoms with Crippen LogP contribution in [-0.2, 0) is 9.84 Å². The first-order chi connectivity index (χ1) is 7.85. The van der Waals surface area contributed by atoms with Crippen molar-refractivity contribution in [3.05, 3.63) is 30.3 Å². The van der Waals surface area contributed by atoms with Crippen LogP contribution < -0.4 is 0 Å². The quantitative estimate of drug-likeness (QED) is 0.879. The van der Waals surface area contributed by atoms with E-state index in [9.17, 15) is 13.5 Å². The van der Waals surface area contributed by atoms with Gasteiger partial charge >= 0.3 is 0 Å². The number of hydrogen-bond acceptors (Lipinski definition) is 3. The summed E-state index contributed by atoms with van der Waals surface area (Å²) in [4.78, 5) is 0.284. The lowest BCUT2D eigenvalue weighted by Gasteiger charge is -2.22. The number of sulfone groups is 1. The summed E-state index contributed by atoms with van der Waals surface area (Å²) < 4.78 is 24.7. The van der Waals surface area contributed by atoms with E-state index in [1.807, 2.05) is 13.8 Å². The summed E-state index contributed by atoms with van der Waals surface area (Å²) >= 11 is 0. The zero-order valence-corrected chi connectivity index (χ0v) is 11.3. The van der Waals surface area contributed by atoms with E-state index in [1.54, 1.807) is 30.3 Å². The molecule has 3 nitrogen and oxygen atoms in total. The van der Waals surface area contributed by atoms with Gasteiger partial charge in [-0.1, -0.05) is 32.0 Å². The molecule has 0 aliphatic heterocycles. The predicted molar refractivity (Wildman–Crippen MR) is 68.6 cm³/mol. The van der Waals surface area contributed by atoms with E-state index in [1.165, 1.54) is 6.92 Å². The largest absolute Gasteiger partial charge is 0.392 e. The number of aliphatic hydroxyl groups is 1. The molecule has 0 fully saturated rings. The molecule has 1 N–H and O–H groups in total. The zero-order chi connectivity index (χ0) is 13.1. The Kier molecular flexibility index (Phi) is 4.71. The molecular weight excluding hydrogens is 236 g/mol. The molecule has 96 valence electrons. The van der Waals surface area contributed by atoms with Crippen molar-refractivity contribution in [2.24, 2.45) is 5.92 Å². The summed E-state index contributed by atoms with van der Waals surface area (Å²) in [5.41, 5.74) is 0. The lowest BCUT2D eigenvalue weighted by atomic mass is 10.1. The third-order valence-corrected chi connectivity index (χ3v) is 5.02. The van der Waals surface area contributed by atoms with Gasteiger partial charge in [0.05, 0.1) is 16.2 Å². The van der Waals surface area contributed by atoms with Crippen LogP contribution in [0, 0.1) is 5.92 Å². The Hall–Kier alpha value is -0.870. The van der Waals surface area contributed by atoms with Crippen LogP contribution >= 0.6 is 0 Å². The SMILES string of the molecule is CC(C)C[C@H]([C@H](C)O)S(=O)(=O)c1ccccc1. The molecule has 2 atom stereocenters. The Labute approximate surface area is 103 Å². The topological polar surface area (TPSA) is 54.4 Å². The smallest absolute Gasteiger partial charge is 0.183 e. The van der Waals surface area contributed by atoms with Crippen LogP contribution in [0.3, 0.4) is 0 Å². The summed E-state index contributed by atoms with van der Waals surface area (Å²) in [6, 6.07) is 8.32. The average Bonchev–Trinajstić information content (AvgIpc) is 2.26. The van der Waals surface area contributed by atoms with Gasteiger partial charge in [0.2, 0.25) is 0 Å². The third kappa shape index (κ3) is 3.54. The van der Waals surface area contributed by atoms with Crippen LogP contribution in [0.25, 0.3) is 0 Å². The van der Waals surface area contributed by atoms with E-state index >= 15 is 0 Å². The maximum Gasteiger partial charge on any atom is 0.183 e. The van der Waals surface area contributed by atoms with Gasteiger partial charge < -0.3 is 5.11 Å². The summed E-state index contributed by atoms with van der Waals surface area (Å²) in [6.07, 6.45) is -0.392. The third-order valence-electron chi connectivity index (χ3n) is 2.71. The Morgan fingerprint density at radius 3 is 2.06 bits per heavy atom. The molecule has 0 aromatic heterocycles. The first-order valence-corrected chi connectivity index (χ1v) is 7.37. The van der Waals surface area contributed by atoms with Crippen molar-refractivity contribution in [3.8, 4) is 0 Å². The minimum absolute atomic E-state index is 0.230. The van der Waals surface area contributed by atoms with Crippen molar-refractivity contribution in [3.63, 3.8) is 0 Å². The molecule has 0 aliphatic carbocycles. The molecular formula is C13H20O3S. The number of rotatable bonds is 5. The van der Waals surface area contributed by atoms with Gasteiger partial charge in [-0.25, -0.2) is 8.42 Å². The van der Waals surface area contributed by atoms with Crippen molar-refractivity contribution >= 4 is 9.84 Å². The fourth-order valence-electron chi connectivity index (χ4n) is 1.83. The van der Waals surface area contributed by atoms with Crippen molar-refractivity contribution in [2.45, 2.75) is 43.4 Å². The van der Waals surface area contributed by atoms with Gasteiger partial charge in [0.1, 0.15) is 0 Å². The molecule has 1 rings (SSSR count). The van der Waals surface area contributed by atoms with Crippen molar-refractivity contribution in [1.29, 1.82) is 0 Å². The van der Waals surface area contributed by atoms with E-state index in [0.717, 1.165) is 0 Å². The summed E-state index contributed by atoms with van der Waals surface area (Å²) in [5, 5.41) is 8.95. The minimum Gasteiger partial charge on any atom is -0.392 e. The molecule has 4 heteroatoms. The predicted octanol–water partition coefficient (Wildman–Crippen LogP) is 2.26. The standard InChI is InChI=1S/C13H20O3S/c1-10(2)9-13(11(3)14)17(15,16)12-7-5-4-6-8-12/h4-8,10-11,13-14H,9H2,1-3H3/t11-,13+/m0/s1. The van der Waals surface area contributed by atoms with Crippen molar-refractivity contribution in [1.82, 2.24) is 0 Å². The molecule has 0 aliphatic rings. The Bertz CT molecular complexity index is 435. The van der Waals surface area contributed by atoms with E-state index < -0.39 is 21.2 Å². The molecule has 0 radical (unpaired) electrons. The second-order valence-corrected chi connectivity index (χ2v) is 6.93. The highest BCUT2D eigenvalue weighted by molar-refractivity contribution is 7.92. The maximum absolute atomic E-state index is 12.3. The second-order valence-electron chi connectivity index (χ2n) is 4.77. The first kappa shape index (κ1) is 14.2. The normalized spacial score (nSPS) is 15.8. The molecule has 0 unspecified atom stereocenters. The van der Waals surface area contributed by atoms with Crippen LogP contribution in [0.15, 0.2) is 35.2 Å². The molecule has 17 heavy (non-hydrogen) atoms. The Balaban J connectivity index is 3.10. The second kappa shape index (κ2) is 5.65. The summed E-state index contributed by atoms with van der Waals surface area (Å²) in [7, 11) is -3.45. The Morgan fingerprint density at radius 2 is 1.65 bits per heavy atom. The van der Waals surface area contributed by atoms with Crippen LogP contribution in [0.5, 0.6) is 0 Å². The molecule has 1 aromatic carbocycles. The van der Waals surface area contributed by atoms with Crippen LogP contribution in [0.1, 0.15) is 27.2 Å². The molecule has 1 aromatic rings. The van der Waals surface area contributed by atoms with Gasteiger partial charge in [-0.2, -0.15) is 0 Å². The van der Waals surface area contributed by atoms with Gasteiger partial charge in [-0.3, -0.25) is 0 Å². The molecule has 0 bridgehead atoms. The van der Waals surface area contributed by atoms with E-state index in [0.29, 0.717) is 6.42 Å². The van der Waals surface area contributed by atoms with Crippen molar-refractivity contribution < 1.29 is 13.5 Å². The van der Waals surface area contributed by atoms with Gasteiger partial charge in [-0.05, 0) is 31.4 Å². The lowest BCUT2D eigenvalue weighted by molar-refractivity contribution is 0.178. The lowest BCUT2D eigenvalue weighted by Crippen LogP contribution is -2.33. The van der Waals surface area contributed by atoms with Gasteiger partial charge in [0.15, 0.2) is 9.84 Å². The van der Waals surface area contributed by atoms with Crippen LogP contribution in [0.2, 0.25) is 0 Å². The monoisotopic (exact) mass is 256 g/mol. The fourth-order valence-corrected chi connectivity index (χ4v) is 3.88. The zero-order valence-electron chi connectivity index (χ0n) is 10.5. The van der Waals surface area contributed by atoms with E-state index in [-0.39, 0.29) is 10.8 Å². The average molecular weight is 256 g/mol. The molecule has 0 heterocycles. The fraction of sp³-hybridized carbons (Fsp3) is 0.538. The van der Waals surface area contributed by atoms with E-state index in [4.69, 9.17) is 0 Å². The van der Waals surface area contributed by atoms with Gasteiger partial charge in [-0.15, -0.1) is 0 Å². The molecule has 0 amide bonds. The van der Waals surface area contributed by atoms with Gasteiger partial charge in [0, 0.05) is 0 Å². The molecule has 0 saturated heterocycles. The minimum atomic E-state index is -3.45.